The highest BCUT2D eigenvalue weighted by Gasteiger charge is 2.23. The van der Waals surface area contributed by atoms with E-state index in [9.17, 15) is 4.79 Å². The summed E-state index contributed by atoms with van der Waals surface area (Å²) < 4.78 is 1.04. The third-order valence-electron chi connectivity index (χ3n) is 3.22. The summed E-state index contributed by atoms with van der Waals surface area (Å²) in [5.74, 6) is 0.0244. The van der Waals surface area contributed by atoms with Crippen LogP contribution in [0.4, 0.5) is 0 Å². The maximum absolute atomic E-state index is 12.0. The zero-order chi connectivity index (χ0) is 13.2. The molecule has 2 nitrogen and oxygen atoms in total. The first-order valence-corrected chi connectivity index (χ1v) is 7.19. The topological polar surface area (TPSA) is 29.1 Å². The Labute approximate surface area is 121 Å². The van der Waals surface area contributed by atoms with Gasteiger partial charge >= 0.3 is 0 Å². The quantitative estimate of drug-likeness (QED) is 0.911. The van der Waals surface area contributed by atoms with Crippen molar-refractivity contribution in [2.45, 2.75) is 18.9 Å². The van der Waals surface area contributed by atoms with Gasteiger partial charge in [-0.1, -0.05) is 46.3 Å². The number of halogens is 1. The molecule has 96 valence electrons. The van der Waals surface area contributed by atoms with Crippen molar-refractivity contribution in [2.75, 3.05) is 0 Å². The van der Waals surface area contributed by atoms with Gasteiger partial charge in [-0.3, -0.25) is 4.79 Å². The predicted molar refractivity (Wildman–Crippen MR) is 80.1 cm³/mol. The molecule has 1 amide bonds. The highest BCUT2D eigenvalue weighted by atomic mass is 79.9. The van der Waals surface area contributed by atoms with Crippen molar-refractivity contribution in [1.82, 2.24) is 5.32 Å². The molecule has 2 aromatic rings. The van der Waals surface area contributed by atoms with Crippen LogP contribution in [0.2, 0.25) is 0 Å². The average Bonchev–Trinajstić information content (AvgIpc) is 3.23. The second-order valence-electron chi connectivity index (χ2n) is 4.81. The van der Waals surface area contributed by atoms with Crippen molar-refractivity contribution in [3.63, 3.8) is 0 Å². The number of benzene rings is 2. The van der Waals surface area contributed by atoms with Gasteiger partial charge in [0, 0.05) is 16.1 Å². The lowest BCUT2D eigenvalue weighted by Gasteiger charge is -2.07. The molecule has 1 N–H and O–H groups in total. The molecule has 0 saturated heterocycles. The molecule has 3 rings (SSSR count). The Hall–Kier alpha value is -1.61. The van der Waals surface area contributed by atoms with Crippen molar-refractivity contribution in [3.05, 3.63) is 58.6 Å². The molecular formula is C16H14BrNO. The van der Waals surface area contributed by atoms with Crippen molar-refractivity contribution in [1.29, 1.82) is 0 Å². The van der Waals surface area contributed by atoms with E-state index in [1.807, 2.05) is 48.5 Å². The number of amides is 1. The Balaban J connectivity index is 1.91. The number of hydrogen-bond acceptors (Lipinski definition) is 1. The molecule has 0 aromatic heterocycles. The molecule has 3 heteroatoms. The van der Waals surface area contributed by atoms with Gasteiger partial charge in [-0.2, -0.15) is 0 Å². The van der Waals surface area contributed by atoms with Crippen molar-refractivity contribution >= 4 is 21.8 Å². The molecule has 1 aliphatic carbocycles. The van der Waals surface area contributed by atoms with E-state index >= 15 is 0 Å². The third-order valence-corrected chi connectivity index (χ3v) is 3.91. The zero-order valence-corrected chi connectivity index (χ0v) is 12.0. The number of carbonyl (C=O) groups excluding carboxylic acids is 1. The Bertz CT molecular complexity index is 620. The van der Waals surface area contributed by atoms with E-state index in [4.69, 9.17) is 0 Å². The van der Waals surface area contributed by atoms with Gasteiger partial charge in [-0.25, -0.2) is 0 Å². The predicted octanol–water partition coefficient (Wildman–Crippen LogP) is 4.01. The lowest BCUT2D eigenvalue weighted by atomic mass is 10.0. The maximum atomic E-state index is 12.0. The minimum atomic E-state index is 0.0244. The van der Waals surface area contributed by atoms with E-state index in [0.29, 0.717) is 6.04 Å². The van der Waals surface area contributed by atoms with Crippen LogP contribution in [0, 0.1) is 0 Å². The van der Waals surface area contributed by atoms with E-state index in [1.165, 1.54) is 0 Å². The normalized spacial score (nSPS) is 14.2. The van der Waals surface area contributed by atoms with Crippen LogP contribution in [0.5, 0.6) is 0 Å². The highest BCUT2D eigenvalue weighted by molar-refractivity contribution is 9.10. The fourth-order valence-corrected chi connectivity index (χ4v) is 2.53. The molecule has 1 fully saturated rings. The van der Waals surface area contributed by atoms with Crippen molar-refractivity contribution < 1.29 is 4.79 Å². The van der Waals surface area contributed by atoms with E-state index in [2.05, 4.69) is 21.2 Å². The van der Waals surface area contributed by atoms with Gasteiger partial charge in [0.2, 0.25) is 0 Å². The SMILES string of the molecule is O=C(NC1CC1)c1cccc(-c2ccccc2Br)c1. The van der Waals surface area contributed by atoms with Crippen molar-refractivity contribution in [2.24, 2.45) is 0 Å². The lowest BCUT2D eigenvalue weighted by molar-refractivity contribution is 0.0951. The van der Waals surface area contributed by atoms with Gasteiger partial charge in [-0.15, -0.1) is 0 Å². The van der Waals surface area contributed by atoms with E-state index in [1.54, 1.807) is 0 Å². The summed E-state index contributed by atoms with van der Waals surface area (Å²) in [5.41, 5.74) is 2.87. The maximum Gasteiger partial charge on any atom is 0.251 e. The number of carbonyl (C=O) groups is 1. The minimum Gasteiger partial charge on any atom is -0.349 e. The molecule has 1 aliphatic rings. The van der Waals surface area contributed by atoms with Crippen molar-refractivity contribution in [3.8, 4) is 11.1 Å². The van der Waals surface area contributed by atoms with Gasteiger partial charge in [0.15, 0.2) is 0 Å². The van der Waals surface area contributed by atoms with Gasteiger partial charge < -0.3 is 5.32 Å². The second-order valence-corrected chi connectivity index (χ2v) is 5.66. The molecule has 0 heterocycles. The molecule has 0 aliphatic heterocycles. The monoisotopic (exact) mass is 315 g/mol. The summed E-state index contributed by atoms with van der Waals surface area (Å²) in [6.07, 6.45) is 2.21. The number of nitrogens with one attached hydrogen (secondary N) is 1. The van der Waals surface area contributed by atoms with Gasteiger partial charge in [-0.05, 0) is 42.2 Å². The zero-order valence-electron chi connectivity index (χ0n) is 10.4. The molecule has 0 radical (unpaired) electrons. The van der Waals surface area contributed by atoms with Crippen LogP contribution in [0.3, 0.4) is 0 Å². The van der Waals surface area contributed by atoms with Gasteiger partial charge in [0.05, 0.1) is 0 Å². The molecule has 2 aromatic carbocycles. The molecule has 0 spiro atoms. The third kappa shape index (κ3) is 2.87. The van der Waals surface area contributed by atoms with Crippen LogP contribution in [0.1, 0.15) is 23.2 Å². The molecule has 0 bridgehead atoms. The Morgan fingerprint density at radius 1 is 1.11 bits per heavy atom. The first-order chi connectivity index (χ1) is 9.24. The molecular weight excluding hydrogens is 302 g/mol. The molecule has 0 atom stereocenters. The summed E-state index contributed by atoms with van der Waals surface area (Å²) in [6.45, 7) is 0. The minimum absolute atomic E-state index is 0.0244. The van der Waals surface area contributed by atoms with Crippen LogP contribution in [0.15, 0.2) is 53.0 Å². The Kier molecular flexibility index (Phi) is 3.38. The number of hydrogen-bond donors (Lipinski definition) is 1. The summed E-state index contributed by atoms with van der Waals surface area (Å²) in [4.78, 5) is 12.0. The van der Waals surface area contributed by atoms with E-state index < -0.39 is 0 Å². The molecule has 19 heavy (non-hydrogen) atoms. The van der Waals surface area contributed by atoms with Crippen LogP contribution < -0.4 is 5.32 Å². The first kappa shape index (κ1) is 12.4. The molecule has 1 saturated carbocycles. The largest absolute Gasteiger partial charge is 0.349 e. The number of rotatable bonds is 3. The standard InChI is InChI=1S/C16H14BrNO/c17-15-7-2-1-6-14(15)11-4-3-5-12(10-11)16(19)18-13-8-9-13/h1-7,10,13H,8-9H2,(H,18,19). The smallest absolute Gasteiger partial charge is 0.251 e. The summed E-state index contributed by atoms with van der Waals surface area (Å²) in [6, 6.07) is 16.2. The highest BCUT2D eigenvalue weighted by Crippen LogP contribution is 2.28. The van der Waals surface area contributed by atoms with Crippen LogP contribution in [0.25, 0.3) is 11.1 Å². The first-order valence-electron chi connectivity index (χ1n) is 6.40. The lowest BCUT2D eigenvalue weighted by Crippen LogP contribution is -2.25. The second kappa shape index (κ2) is 5.17. The van der Waals surface area contributed by atoms with Gasteiger partial charge in [0.1, 0.15) is 0 Å². The molecule has 0 unspecified atom stereocenters. The fourth-order valence-electron chi connectivity index (χ4n) is 2.02. The van der Waals surface area contributed by atoms with Crippen LogP contribution >= 0.6 is 15.9 Å². The fraction of sp³-hybridized carbons (Fsp3) is 0.188. The van der Waals surface area contributed by atoms with Crippen LogP contribution in [-0.4, -0.2) is 11.9 Å². The van der Waals surface area contributed by atoms with Crippen LogP contribution in [-0.2, 0) is 0 Å². The van der Waals surface area contributed by atoms with E-state index in [-0.39, 0.29) is 5.91 Å². The average molecular weight is 316 g/mol. The Morgan fingerprint density at radius 3 is 2.63 bits per heavy atom. The van der Waals surface area contributed by atoms with Gasteiger partial charge in [0.25, 0.3) is 5.91 Å². The summed E-state index contributed by atoms with van der Waals surface area (Å²) >= 11 is 3.54. The summed E-state index contributed by atoms with van der Waals surface area (Å²) in [5, 5.41) is 3.01. The Morgan fingerprint density at radius 2 is 1.89 bits per heavy atom. The summed E-state index contributed by atoms with van der Waals surface area (Å²) in [7, 11) is 0. The van der Waals surface area contributed by atoms with E-state index in [0.717, 1.165) is 34.0 Å².